The van der Waals surface area contributed by atoms with Crippen molar-refractivity contribution in [1.29, 1.82) is 0 Å². The number of carbonyl (C=O) groups is 2. The zero-order chi connectivity index (χ0) is 20.6. The molecule has 0 aromatic heterocycles. The van der Waals surface area contributed by atoms with Crippen molar-refractivity contribution in [2.24, 2.45) is 0 Å². The van der Waals surface area contributed by atoms with Gasteiger partial charge in [-0.1, -0.05) is 29.8 Å². The summed E-state index contributed by atoms with van der Waals surface area (Å²) in [6.07, 6.45) is 2.64. The fraction of sp³-hybridized carbons (Fsp3) is 0.391. The number of hydrogen-bond donors (Lipinski definition) is 4. The number of quaternary nitrogens is 2. The Hall–Kier alpha value is -2.70. The number of likely N-dealkylation sites (N-methyl/N-ethyl adjacent to an activating group) is 1. The Kier molecular flexibility index (Phi) is 7.38. The summed E-state index contributed by atoms with van der Waals surface area (Å²) >= 11 is 0. The number of rotatable bonds is 8. The van der Waals surface area contributed by atoms with Gasteiger partial charge in [-0.15, -0.1) is 0 Å². The zero-order valence-electron chi connectivity index (χ0n) is 17.4. The van der Waals surface area contributed by atoms with Crippen molar-refractivity contribution in [2.75, 3.05) is 43.9 Å². The SMILES string of the molecule is Cc1ccc(NC(=O)C[NH+](C)CC(=O)Nc2ccc(C[NH+]3CCCC3)cc2)cc1. The van der Waals surface area contributed by atoms with E-state index in [1.807, 2.05) is 50.4 Å². The normalized spacial score (nSPS) is 15.1. The molecule has 29 heavy (non-hydrogen) atoms. The van der Waals surface area contributed by atoms with Crippen LogP contribution in [0, 0.1) is 6.92 Å². The molecule has 1 aliphatic heterocycles. The number of carbonyl (C=O) groups excluding carboxylic acids is 2. The van der Waals surface area contributed by atoms with Gasteiger partial charge in [0.25, 0.3) is 11.8 Å². The number of hydrogen-bond acceptors (Lipinski definition) is 2. The molecule has 2 aromatic rings. The summed E-state index contributed by atoms with van der Waals surface area (Å²) in [4.78, 5) is 26.9. The Morgan fingerprint density at radius 1 is 0.862 bits per heavy atom. The Morgan fingerprint density at radius 3 is 1.86 bits per heavy atom. The molecule has 1 heterocycles. The number of benzene rings is 2. The molecule has 4 N–H and O–H groups in total. The average molecular weight is 397 g/mol. The molecule has 154 valence electrons. The summed E-state index contributed by atoms with van der Waals surface area (Å²) in [7, 11) is 1.84. The summed E-state index contributed by atoms with van der Waals surface area (Å²) in [5.41, 5.74) is 4.02. The topological polar surface area (TPSA) is 67.1 Å². The van der Waals surface area contributed by atoms with Crippen molar-refractivity contribution >= 4 is 23.2 Å². The highest BCUT2D eigenvalue weighted by Gasteiger charge is 2.16. The molecule has 1 fully saturated rings. The van der Waals surface area contributed by atoms with E-state index in [0.717, 1.165) is 28.4 Å². The maximum Gasteiger partial charge on any atom is 0.279 e. The third-order valence-electron chi connectivity index (χ3n) is 5.26. The highest BCUT2D eigenvalue weighted by atomic mass is 16.2. The molecule has 0 aliphatic carbocycles. The van der Waals surface area contributed by atoms with Gasteiger partial charge in [-0.05, 0) is 31.2 Å². The van der Waals surface area contributed by atoms with Crippen LogP contribution in [0.2, 0.25) is 0 Å². The quantitative estimate of drug-likeness (QED) is 0.517. The van der Waals surface area contributed by atoms with E-state index in [1.165, 1.54) is 31.5 Å². The summed E-state index contributed by atoms with van der Waals surface area (Å²) in [6, 6.07) is 15.8. The van der Waals surface area contributed by atoms with E-state index in [1.54, 1.807) is 4.90 Å². The van der Waals surface area contributed by atoms with Crippen LogP contribution in [0.4, 0.5) is 11.4 Å². The van der Waals surface area contributed by atoms with Crippen LogP contribution in [0.1, 0.15) is 24.0 Å². The van der Waals surface area contributed by atoms with Crippen molar-refractivity contribution in [3.8, 4) is 0 Å². The highest BCUT2D eigenvalue weighted by Crippen LogP contribution is 2.09. The van der Waals surface area contributed by atoms with Crippen molar-refractivity contribution in [3.63, 3.8) is 0 Å². The maximum atomic E-state index is 12.3. The van der Waals surface area contributed by atoms with Crippen LogP contribution in [0.15, 0.2) is 48.5 Å². The van der Waals surface area contributed by atoms with E-state index in [2.05, 4.69) is 22.8 Å². The summed E-state index contributed by atoms with van der Waals surface area (Å²) in [6.45, 7) is 6.04. The zero-order valence-corrected chi connectivity index (χ0v) is 17.4. The molecular weight excluding hydrogens is 364 g/mol. The Labute approximate surface area is 172 Å². The smallest absolute Gasteiger partial charge is 0.279 e. The van der Waals surface area contributed by atoms with Gasteiger partial charge in [0.15, 0.2) is 13.1 Å². The third kappa shape index (κ3) is 7.00. The number of aryl methyl sites for hydroxylation is 1. The van der Waals surface area contributed by atoms with E-state index in [0.29, 0.717) is 0 Å². The third-order valence-corrected chi connectivity index (χ3v) is 5.26. The van der Waals surface area contributed by atoms with Crippen molar-refractivity contribution in [1.82, 2.24) is 0 Å². The first-order valence-electron chi connectivity index (χ1n) is 10.4. The van der Waals surface area contributed by atoms with Gasteiger partial charge in [-0.3, -0.25) is 9.59 Å². The molecule has 1 unspecified atom stereocenters. The second kappa shape index (κ2) is 10.2. The van der Waals surface area contributed by atoms with Crippen molar-refractivity contribution in [2.45, 2.75) is 26.3 Å². The van der Waals surface area contributed by atoms with Crippen molar-refractivity contribution < 1.29 is 19.4 Å². The molecule has 1 atom stereocenters. The molecule has 6 nitrogen and oxygen atoms in total. The minimum absolute atomic E-state index is 0.0939. The molecule has 2 amide bonds. The van der Waals surface area contributed by atoms with Gasteiger partial charge < -0.3 is 20.4 Å². The largest absolute Gasteiger partial charge is 0.331 e. The van der Waals surface area contributed by atoms with Gasteiger partial charge in [-0.25, -0.2) is 0 Å². The first kappa shape index (κ1) is 21.0. The number of amides is 2. The molecule has 0 bridgehead atoms. The fourth-order valence-corrected chi connectivity index (χ4v) is 3.70. The number of anilines is 2. The first-order valence-corrected chi connectivity index (χ1v) is 10.4. The second-order valence-electron chi connectivity index (χ2n) is 8.10. The Bertz CT molecular complexity index is 812. The van der Waals surface area contributed by atoms with E-state index >= 15 is 0 Å². The lowest BCUT2D eigenvalue weighted by atomic mass is 10.2. The molecule has 0 radical (unpaired) electrons. The lowest BCUT2D eigenvalue weighted by Gasteiger charge is -2.14. The minimum Gasteiger partial charge on any atom is -0.331 e. The molecule has 0 spiro atoms. The van der Waals surface area contributed by atoms with Gasteiger partial charge in [-0.2, -0.15) is 0 Å². The van der Waals surface area contributed by atoms with E-state index in [-0.39, 0.29) is 24.9 Å². The lowest BCUT2D eigenvalue weighted by molar-refractivity contribution is -0.901. The van der Waals surface area contributed by atoms with Gasteiger partial charge in [0.05, 0.1) is 20.1 Å². The molecule has 2 aromatic carbocycles. The van der Waals surface area contributed by atoms with E-state index < -0.39 is 0 Å². The predicted octanol–water partition coefficient (Wildman–Crippen LogP) is 0.266. The molecular formula is C23H32N4O2+2. The van der Waals surface area contributed by atoms with Gasteiger partial charge >= 0.3 is 0 Å². The fourth-order valence-electron chi connectivity index (χ4n) is 3.70. The van der Waals surface area contributed by atoms with Crippen LogP contribution in [0.25, 0.3) is 0 Å². The minimum atomic E-state index is -0.104. The van der Waals surface area contributed by atoms with Crippen LogP contribution in [-0.4, -0.2) is 45.0 Å². The van der Waals surface area contributed by atoms with Crippen LogP contribution in [0.3, 0.4) is 0 Å². The lowest BCUT2D eigenvalue weighted by Crippen LogP contribution is -3.11. The van der Waals surface area contributed by atoms with Gasteiger partial charge in [0, 0.05) is 29.8 Å². The van der Waals surface area contributed by atoms with E-state index in [4.69, 9.17) is 0 Å². The first-order chi connectivity index (χ1) is 14.0. The van der Waals surface area contributed by atoms with Crippen LogP contribution >= 0.6 is 0 Å². The van der Waals surface area contributed by atoms with Crippen LogP contribution in [0.5, 0.6) is 0 Å². The highest BCUT2D eigenvalue weighted by molar-refractivity contribution is 5.93. The molecule has 0 saturated carbocycles. The Balaban J connectivity index is 1.40. The number of likely N-dealkylation sites (tertiary alicyclic amines) is 1. The van der Waals surface area contributed by atoms with Gasteiger partial charge in [0.2, 0.25) is 0 Å². The van der Waals surface area contributed by atoms with E-state index in [9.17, 15) is 9.59 Å². The predicted molar refractivity (Wildman–Crippen MR) is 115 cm³/mol. The average Bonchev–Trinajstić information content (AvgIpc) is 3.18. The summed E-state index contributed by atoms with van der Waals surface area (Å²) in [5, 5.41) is 5.79. The molecule has 1 saturated heterocycles. The maximum absolute atomic E-state index is 12.3. The summed E-state index contributed by atoms with van der Waals surface area (Å²) < 4.78 is 0. The molecule has 1 aliphatic rings. The second-order valence-corrected chi connectivity index (χ2v) is 8.10. The standard InChI is InChI=1S/C23H30N4O2/c1-18-5-9-20(10-6-18)24-22(28)16-26(2)17-23(29)25-21-11-7-19(8-12-21)15-27-13-3-4-14-27/h5-12H,3-4,13-17H2,1-2H3,(H,24,28)(H,25,29)/p+2. The van der Waals surface area contributed by atoms with Crippen molar-refractivity contribution in [3.05, 3.63) is 59.7 Å². The van der Waals surface area contributed by atoms with Crippen LogP contribution in [-0.2, 0) is 16.1 Å². The monoisotopic (exact) mass is 396 g/mol. The summed E-state index contributed by atoms with van der Waals surface area (Å²) in [5.74, 6) is -0.198. The Morgan fingerprint density at radius 2 is 1.34 bits per heavy atom. The van der Waals surface area contributed by atoms with Gasteiger partial charge in [0.1, 0.15) is 6.54 Å². The molecule has 3 rings (SSSR count). The van der Waals surface area contributed by atoms with Crippen LogP contribution < -0.4 is 20.4 Å². The number of nitrogens with one attached hydrogen (secondary N) is 4. The molecule has 6 heteroatoms.